The van der Waals surface area contributed by atoms with E-state index in [0.29, 0.717) is 34.5 Å². The highest BCUT2D eigenvalue weighted by Gasteiger charge is 2.10. The Labute approximate surface area is 194 Å². The molecule has 8 heteroatoms. The van der Waals surface area contributed by atoms with Gasteiger partial charge in [-0.25, -0.2) is 15.4 Å². The predicted molar refractivity (Wildman–Crippen MR) is 130 cm³/mol. The highest BCUT2D eigenvalue weighted by molar-refractivity contribution is 5.93. The van der Waals surface area contributed by atoms with E-state index in [4.69, 9.17) is 4.74 Å². The summed E-state index contributed by atoms with van der Waals surface area (Å²) in [7, 11) is 0. The topological polar surface area (TPSA) is 109 Å². The molecule has 0 saturated carbocycles. The van der Waals surface area contributed by atoms with Crippen molar-refractivity contribution in [3.63, 3.8) is 0 Å². The number of fused-ring (bicyclic) bond motifs is 2. The van der Waals surface area contributed by atoms with Gasteiger partial charge in [0.25, 0.3) is 5.56 Å². The van der Waals surface area contributed by atoms with E-state index in [-0.39, 0.29) is 11.4 Å². The average molecular weight is 449 g/mol. The van der Waals surface area contributed by atoms with Gasteiger partial charge in [-0.2, -0.15) is 5.10 Å². The van der Waals surface area contributed by atoms with E-state index < -0.39 is 5.91 Å². The number of hydrazone groups is 1. The molecule has 0 atom stereocenters. The molecule has 0 radical (unpaired) electrons. The number of carbonyl (C=O) groups excluding carboxylic acids is 1. The largest absolute Gasteiger partial charge is 0.487 e. The lowest BCUT2D eigenvalue weighted by molar-refractivity contribution is 0.0945. The second kappa shape index (κ2) is 9.33. The molecule has 0 aliphatic rings. The fourth-order valence-electron chi connectivity index (χ4n) is 3.46. The van der Waals surface area contributed by atoms with Gasteiger partial charge >= 0.3 is 5.91 Å². The molecule has 0 unspecified atom stereocenters. The Kier molecular flexibility index (Phi) is 5.77. The normalized spacial score (nSPS) is 11.2. The molecule has 0 saturated heterocycles. The Morgan fingerprint density at radius 2 is 1.76 bits per heavy atom. The molecule has 166 valence electrons. The Morgan fingerprint density at radius 1 is 0.941 bits per heavy atom. The minimum atomic E-state index is -0.633. The minimum Gasteiger partial charge on any atom is -0.487 e. The van der Waals surface area contributed by atoms with Crippen LogP contribution in [0.25, 0.3) is 21.8 Å². The van der Waals surface area contributed by atoms with Crippen molar-refractivity contribution in [2.45, 2.75) is 6.61 Å². The highest BCUT2D eigenvalue weighted by Crippen LogP contribution is 2.24. The molecule has 1 amide bonds. The Bertz CT molecular complexity index is 1580. The smallest absolute Gasteiger partial charge is 0.307 e. The summed E-state index contributed by atoms with van der Waals surface area (Å²) >= 11 is 0. The van der Waals surface area contributed by atoms with Crippen LogP contribution in [0, 0.1) is 0 Å². The molecule has 2 heterocycles. The number of hydrogen-bond acceptors (Lipinski definition) is 6. The van der Waals surface area contributed by atoms with Crippen LogP contribution in [0.4, 0.5) is 0 Å². The highest BCUT2D eigenvalue weighted by atomic mass is 16.5. The van der Waals surface area contributed by atoms with Gasteiger partial charge in [-0.1, -0.05) is 60.7 Å². The van der Waals surface area contributed by atoms with E-state index in [0.717, 1.165) is 10.9 Å². The molecule has 0 spiro atoms. The predicted octanol–water partition coefficient (Wildman–Crippen LogP) is 3.81. The van der Waals surface area contributed by atoms with Crippen LogP contribution in [-0.2, 0) is 6.61 Å². The quantitative estimate of drug-likeness (QED) is 0.303. The summed E-state index contributed by atoms with van der Waals surface area (Å²) in [5.41, 5.74) is 4.69. The third kappa shape index (κ3) is 4.51. The average Bonchev–Trinajstić information content (AvgIpc) is 2.88. The third-order valence-corrected chi connectivity index (χ3v) is 5.13. The molecule has 0 fully saturated rings. The summed E-state index contributed by atoms with van der Waals surface area (Å²) in [5.74, 6) is -0.103. The maximum absolute atomic E-state index is 12.4. The standard InChI is InChI=1S/C26H19N5O3/c32-25-20-10-4-5-11-21(20)29-24(30-25)26(33)31-27-15-19-14-13-18-9-6-12-22(23(18)28-19)34-16-17-7-2-1-3-8-17/h1-15H,16H2,(H,31,33)(H,29,30,32)/b27-15-. The maximum Gasteiger partial charge on any atom is 0.307 e. The minimum absolute atomic E-state index is 0.121. The van der Waals surface area contributed by atoms with Gasteiger partial charge in [0.1, 0.15) is 17.9 Å². The van der Waals surface area contributed by atoms with Crippen LogP contribution in [-0.4, -0.2) is 27.1 Å². The van der Waals surface area contributed by atoms with Crippen molar-refractivity contribution < 1.29 is 9.53 Å². The number of rotatable bonds is 6. The van der Waals surface area contributed by atoms with Gasteiger partial charge < -0.3 is 9.72 Å². The lowest BCUT2D eigenvalue weighted by Gasteiger charge is -2.09. The summed E-state index contributed by atoms with van der Waals surface area (Å²) in [4.78, 5) is 35.9. The van der Waals surface area contributed by atoms with Gasteiger partial charge in [-0.15, -0.1) is 0 Å². The zero-order valence-electron chi connectivity index (χ0n) is 17.9. The Morgan fingerprint density at radius 3 is 2.65 bits per heavy atom. The van der Waals surface area contributed by atoms with E-state index in [9.17, 15) is 9.59 Å². The van der Waals surface area contributed by atoms with E-state index in [2.05, 4.69) is 25.5 Å². The van der Waals surface area contributed by atoms with Crippen molar-refractivity contribution in [1.29, 1.82) is 0 Å². The maximum atomic E-state index is 12.4. The first-order valence-electron chi connectivity index (χ1n) is 10.6. The number of H-pyrrole nitrogens is 1. The van der Waals surface area contributed by atoms with Gasteiger partial charge in [0.15, 0.2) is 0 Å². The lowest BCUT2D eigenvalue weighted by atomic mass is 10.2. The molecule has 0 aliphatic heterocycles. The SMILES string of the molecule is O=C(N/N=C\c1ccc2cccc(OCc3ccccc3)c2n1)c1nc2ccccc2c(=O)[nH]1. The van der Waals surface area contributed by atoms with Crippen molar-refractivity contribution in [2.75, 3.05) is 0 Å². The zero-order valence-corrected chi connectivity index (χ0v) is 17.9. The Hall–Kier alpha value is -4.85. The van der Waals surface area contributed by atoms with E-state index >= 15 is 0 Å². The number of amides is 1. The third-order valence-electron chi connectivity index (χ3n) is 5.13. The van der Waals surface area contributed by atoms with E-state index in [1.165, 1.54) is 6.21 Å². The number of aromatic nitrogens is 3. The molecule has 2 N–H and O–H groups in total. The number of para-hydroxylation sites is 2. The zero-order chi connectivity index (χ0) is 23.3. The van der Waals surface area contributed by atoms with Gasteiger partial charge in [-0.3, -0.25) is 9.59 Å². The van der Waals surface area contributed by atoms with Crippen molar-refractivity contribution in [3.8, 4) is 5.75 Å². The second-order valence-corrected chi connectivity index (χ2v) is 7.47. The Balaban J connectivity index is 1.33. The van der Waals surface area contributed by atoms with Gasteiger partial charge in [0, 0.05) is 5.39 Å². The number of aromatic amines is 1. The van der Waals surface area contributed by atoms with E-state index in [1.54, 1.807) is 30.3 Å². The first-order valence-corrected chi connectivity index (χ1v) is 10.6. The van der Waals surface area contributed by atoms with Crippen molar-refractivity contribution in [1.82, 2.24) is 20.4 Å². The molecule has 0 aliphatic carbocycles. The van der Waals surface area contributed by atoms with Crippen LogP contribution < -0.4 is 15.7 Å². The summed E-state index contributed by atoms with van der Waals surface area (Å²) in [6.45, 7) is 0.424. The number of pyridine rings is 1. The van der Waals surface area contributed by atoms with Crippen LogP contribution in [0.1, 0.15) is 21.9 Å². The summed E-state index contributed by atoms with van der Waals surface area (Å²) in [5, 5.41) is 5.30. The molecule has 8 nitrogen and oxygen atoms in total. The van der Waals surface area contributed by atoms with Gasteiger partial charge in [0.05, 0.1) is 22.8 Å². The molecule has 0 bridgehead atoms. The first kappa shape index (κ1) is 21.0. The number of nitrogens with one attached hydrogen (secondary N) is 2. The summed E-state index contributed by atoms with van der Waals surface area (Å²) in [6, 6.07) is 26.1. The fraction of sp³-hybridized carbons (Fsp3) is 0.0385. The molecule has 5 aromatic rings. The summed E-state index contributed by atoms with van der Waals surface area (Å²) in [6.07, 6.45) is 1.42. The monoisotopic (exact) mass is 449 g/mol. The van der Waals surface area contributed by atoms with Crippen molar-refractivity contribution in [2.24, 2.45) is 5.10 Å². The summed E-state index contributed by atoms with van der Waals surface area (Å²) < 4.78 is 5.99. The van der Waals surface area contributed by atoms with Crippen LogP contribution in [0.15, 0.2) is 94.8 Å². The number of ether oxygens (including phenoxy) is 1. The number of hydrogen-bond donors (Lipinski definition) is 2. The van der Waals surface area contributed by atoms with E-state index in [1.807, 2.05) is 54.6 Å². The molecular formula is C26H19N5O3. The van der Waals surface area contributed by atoms with Gasteiger partial charge in [-0.05, 0) is 29.8 Å². The van der Waals surface area contributed by atoms with Crippen molar-refractivity contribution in [3.05, 3.63) is 112 Å². The van der Waals surface area contributed by atoms with Gasteiger partial charge in [0.2, 0.25) is 5.82 Å². The first-order chi connectivity index (χ1) is 16.7. The van der Waals surface area contributed by atoms with Crippen LogP contribution in [0.3, 0.4) is 0 Å². The molecule has 2 aromatic heterocycles. The fourth-order valence-corrected chi connectivity index (χ4v) is 3.46. The van der Waals surface area contributed by atoms with Crippen LogP contribution in [0.5, 0.6) is 5.75 Å². The molecule has 5 rings (SSSR count). The van der Waals surface area contributed by atoms with Crippen molar-refractivity contribution >= 4 is 33.9 Å². The molecular weight excluding hydrogens is 430 g/mol. The number of carbonyl (C=O) groups is 1. The molecule has 34 heavy (non-hydrogen) atoms. The number of benzene rings is 3. The van der Waals surface area contributed by atoms with Crippen LogP contribution in [0.2, 0.25) is 0 Å². The molecule has 3 aromatic carbocycles. The van der Waals surface area contributed by atoms with Crippen LogP contribution >= 0.6 is 0 Å². The second-order valence-electron chi connectivity index (χ2n) is 7.47. The number of nitrogens with zero attached hydrogens (tertiary/aromatic N) is 3. The lowest BCUT2D eigenvalue weighted by Crippen LogP contribution is -2.24.